The highest BCUT2D eigenvalue weighted by atomic mass is 16.5. The fraction of sp³-hybridized carbons (Fsp3) is 0.250. The van der Waals surface area contributed by atoms with Crippen molar-refractivity contribution in [1.29, 1.82) is 0 Å². The third-order valence-corrected chi connectivity index (χ3v) is 5.72. The van der Waals surface area contributed by atoms with Gasteiger partial charge in [0.05, 0.1) is 6.26 Å². The monoisotopic (exact) mass is 443 g/mol. The molecule has 1 aliphatic heterocycles. The van der Waals surface area contributed by atoms with Gasteiger partial charge in [-0.1, -0.05) is 37.4 Å². The Hall–Kier alpha value is -3.57. The average molecular weight is 444 g/mol. The molecule has 3 rings (SSSR count). The molecule has 1 heterocycles. The van der Waals surface area contributed by atoms with Gasteiger partial charge in [0.15, 0.2) is 0 Å². The second kappa shape index (κ2) is 11.3. The Labute approximate surface area is 197 Å². The van der Waals surface area contributed by atoms with Crippen molar-refractivity contribution in [2.75, 3.05) is 38.1 Å². The van der Waals surface area contributed by atoms with Crippen LogP contribution in [0.25, 0.3) is 17.9 Å². The summed E-state index contributed by atoms with van der Waals surface area (Å²) in [6.07, 6.45) is 7.05. The molecule has 2 aromatic rings. The van der Waals surface area contributed by atoms with Crippen molar-refractivity contribution >= 4 is 29.5 Å². The lowest BCUT2D eigenvalue weighted by Gasteiger charge is -2.34. The zero-order chi connectivity index (χ0) is 23.8. The van der Waals surface area contributed by atoms with E-state index in [4.69, 9.17) is 4.74 Å². The molecule has 2 aromatic carbocycles. The van der Waals surface area contributed by atoms with Crippen molar-refractivity contribution in [2.24, 2.45) is 0 Å². The van der Waals surface area contributed by atoms with Crippen LogP contribution in [0.3, 0.4) is 0 Å². The van der Waals surface area contributed by atoms with E-state index in [1.54, 1.807) is 6.08 Å². The third kappa shape index (κ3) is 6.24. The number of nitrogens with zero attached hydrogens (tertiary/aromatic N) is 2. The number of nitrogens with one attached hydrogen (secondary N) is 1. The van der Waals surface area contributed by atoms with Gasteiger partial charge in [0.25, 0.3) is 5.91 Å². The molecule has 1 aliphatic rings. The number of carbonyl (C=O) groups excluding carboxylic acids is 1. The van der Waals surface area contributed by atoms with Crippen molar-refractivity contribution in [3.8, 4) is 0 Å². The SMILES string of the molecule is C=CO/C(=C\C)c1ccc(C=C)c(/C=C(\C)NC(=O)c2cccc(N3CCN(C)CC3)c2)c1. The predicted octanol–water partition coefficient (Wildman–Crippen LogP) is 5.39. The number of piperazine rings is 1. The first-order chi connectivity index (χ1) is 15.9. The summed E-state index contributed by atoms with van der Waals surface area (Å²) in [5.41, 5.74) is 5.31. The van der Waals surface area contributed by atoms with Crippen LogP contribution in [0.15, 0.2) is 73.7 Å². The van der Waals surface area contributed by atoms with Crippen LogP contribution >= 0.6 is 0 Å². The zero-order valence-corrected chi connectivity index (χ0v) is 19.8. The number of hydrogen-bond acceptors (Lipinski definition) is 4. The Balaban J connectivity index is 1.78. The maximum Gasteiger partial charge on any atom is 0.255 e. The van der Waals surface area contributed by atoms with Crippen LogP contribution in [0.1, 0.15) is 40.9 Å². The lowest BCUT2D eigenvalue weighted by molar-refractivity contribution is 0.0966. The van der Waals surface area contributed by atoms with Gasteiger partial charge in [-0.25, -0.2) is 0 Å². The molecule has 0 saturated carbocycles. The van der Waals surface area contributed by atoms with E-state index >= 15 is 0 Å². The highest BCUT2D eigenvalue weighted by molar-refractivity contribution is 5.96. The quantitative estimate of drug-likeness (QED) is 0.556. The molecule has 0 unspecified atom stereocenters. The molecule has 0 radical (unpaired) electrons. The highest BCUT2D eigenvalue weighted by Gasteiger charge is 2.16. The summed E-state index contributed by atoms with van der Waals surface area (Å²) in [5.74, 6) is 0.595. The molecule has 0 aromatic heterocycles. The Morgan fingerprint density at radius 3 is 2.45 bits per heavy atom. The maximum absolute atomic E-state index is 13.0. The van der Waals surface area contributed by atoms with Crippen LogP contribution in [0.5, 0.6) is 0 Å². The predicted molar refractivity (Wildman–Crippen MR) is 139 cm³/mol. The van der Waals surface area contributed by atoms with Crippen molar-refractivity contribution in [2.45, 2.75) is 13.8 Å². The number of ether oxygens (including phenoxy) is 1. The Morgan fingerprint density at radius 2 is 1.79 bits per heavy atom. The highest BCUT2D eigenvalue weighted by Crippen LogP contribution is 2.23. The van der Waals surface area contributed by atoms with Gasteiger partial charge in [0, 0.05) is 48.7 Å². The van der Waals surface area contributed by atoms with Gasteiger partial charge < -0.3 is 19.9 Å². The van der Waals surface area contributed by atoms with E-state index in [0.29, 0.717) is 5.56 Å². The first kappa shape index (κ1) is 24.1. The second-order valence-electron chi connectivity index (χ2n) is 8.11. The van der Waals surface area contributed by atoms with E-state index in [0.717, 1.165) is 60.0 Å². The largest absolute Gasteiger partial charge is 0.465 e. The first-order valence-corrected chi connectivity index (χ1v) is 11.2. The minimum atomic E-state index is -0.125. The number of hydrogen-bond donors (Lipinski definition) is 1. The van der Waals surface area contributed by atoms with Gasteiger partial charge >= 0.3 is 0 Å². The topological polar surface area (TPSA) is 44.8 Å². The lowest BCUT2D eigenvalue weighted by atomic mass is 10.0. The molecule has 172 valence electrons. The van der Waals surface area contributed by atoms with Gasteiger partial charge in [0.2, 0.25) is 0 Å². The molecular formula is C28H33N3O2. The normalized spacial score (nSPS) is 15.2. The fourth-order valence-corrected chi connectivity index (χ4v) is 3.86. The second-order valence-corrected chi connectivity index (χ2v) is 8.11. The van der Waals surface area contributed by atoms with Gasteiger partial charge in [-0.05, 0) is 68.4 Å². The summed E-state index contributed by atoms with van der Waals surface area (Å²) >= 11 is 0. The van der Waals surface area contributed by atoms with Crippen molar-refractivity contribution in [1.82, 2.24) is 10.2 Å². The zero-order valence-electron chi connectivity index (χ0n) is 19.8. The first-order valence-electron chi connectivity index (χ1n) is 11.2. The summed E-state index contributed by atoms with van der Waals surface area (Å²) in [6, 6.07) is 13.8. The summed E-state index contributed by atoms with van der Waals surface area (Å²) in [5, 5.41) is 3.02. The lowest BCUT2D eigenvalue weighted by Crippen LogP contribution is -2.44. The molecule has 5 heteroatoms. The van der Waals surface area contributed by atoms with Crippen LogP contribution in [0.4, 0.5) is 5.69 Å². The van der Waals surface area contributed by atoms with Crippen LogP contribution in [-0.2, 0) is 4.74 Å². The Kier molecular flexibility index (Phi) is 8.28. The molecule has 33 heavy (non-hydrogen) atoms. The summed E-state index contributed by atoms with van der Waals surface area (Å²) < 4.78 is 5.50. The number of amides is 1. The van der Waals surface area contributed by atoms with Crippen molar-refractivity contribution in [3.05, 3.63) is 95.9 Å². The molecule has 5 nitrogen and oxygen atoms in total. The number of anilines is 1. The van der Waals surface area contributed by atoms with Gasteiger partial charge in [0.1, 0.15) is 5.76 Å². The minimum Gasteiger partial charge on any atom is -0.465 e. The van der Waals surface area contributed by atoms with E-state index in [1.165, 1.54) is 6.26 Å². The fourth-order valence-electron chi connectivity index (χ4n) is 3.86. The minimum absolute atomic E-state index is 0.125. The molecule has 1 saturated heterocycles. The molecule has 1 amide bonds. The Morgan fingerprint density at radius 1 is 1.03 bits per heavy atom. The molecule has 1 N–H and O–H groups in total. The smallest absolute Gasteiger partial charge is 0.255 e. The molecular weight excluding hydrogens is 410 g/mol. The van der Waals surface area contributed by atoms with Crippen molar-refractivity contribution in [3.63, 3.8) is 0 Å². The summed E-state index contributed by atoms with van der Waals surface area (Å²) in [7, 11) is 2.13. The number of carbonyl (C=O) groups is 1. The van der Waals surface area contributed by atoms with Gasteiger partial charge in [-0.2, -0.15) is 0 Å². The summed E-state index contributed by atoms with van der Waals surface area (Å²) in [6.45, 7) is 15.3. The standard InChI is InChI=1S/C28H33N3O2/c1-6-22-12-13-23(27(7-2)33-8-3)19-25(22)18-21(4)29-28(32)24-10-9-11-26(20-24)31-16-14-30(5)15-17-31/h6-13,18-20H,1,3,14-17H2,2,4-5H3,(H,29,32)/b21-18+,27-7-. The summed E-state index contributed by atoms with van der Waals surface area (Å²) in [4.78, 5) is 17.6. The van der Waals surface area contributed by atoms with Crippen LogP contribution in [0, 0.1) is 0 Å². The van der Waals surface area contributed by atoms with E-state index in [1.807, 2.05) is 62.4 Å². The third-order valence-electron chi connectivity index (χ3n) is 5.72. The van der Waals surface area contributed by atoms with E-state index < -0.39 is 0 Å². The molecule has 0 spiro atoms. The van der Waals surface area contributed by atoms with Gasteiger partial charge in [-0.15, -0.1) is 0 Å². The number of rotatable bonds is 8. The maximum atomic E-state index is 13.0. The van der Waals surface area contributed by atoms with E-state index in [2.05, 4.69) is 41.4 Å². The van der Waals surface area contributed by atoms with Crippen molar-refractivity contribution < 1.29 is 9.53 Å². The molecule has 0 aliphatic carbocycles. The van der Waals surface area contributed by atoms with Crippen LogP contribution < -0.4 is 10.2 Å². The van der Waals surface area contributed by atoms with Crippen LogP contribution in [0.2, 0.25) is 0 Å². The number of likely N-dealkylation sites (N-methyl/N-ethyl adjacent to an activating group) is 1. The van der Waals surface area contributed by atoms with Gasteiger partial charge in [-0.3, -0.25) is 4.79 Å². The van der Waals surface area contributed by atoms with E-state index in [-0.39, 0.29) is 5.91 Å². The number of benzene rings is 2. The van der Waals surface area contributed by atoms with E-state index in [9.17, 15) is 4.79 Å². The molecule has 1 fully saturated rings. The Bertz CT molecular complexity index is 1080. The molecule has 0 atom stereocenters. The molecule has 0 bridgehead atoms. The average Bonchev–Trinajstić information content (AvgIpc) is 2.83. The number of allylic oxidation sites excluding steroid dienone is 2. The van der Waals surface area contributed by atoms with Crippen LogP contribution in [-0.4, -0.2) is 44.0 Å².